The summed E-state index contributed by atoms with van der Waals surface area (Å²) in [5, 5.41) is 0. The van der Waals surface area contributed by atoms with Gasteiger partial charge in [-0.25, -0.2) is 0 Å². The largest absolute Gasteiger partial charge is 0.365 e. The number of hydrogen-bond donors (Lipinski definition) is 1. The van der Waals surface area contributed by atoms with E-state index in [9.17, 15) is 0 Å². The molecule has 0 spiro atoms. The van der Waals surface area contributed by atoms with Crippen LogP contribution in [-0.2, 0) is 0 Å². The van der Waals surface area contributed by atoms with Crippen molar-refractivity contribution >= 4 is 21.6 Å². The van der Waals surface area contributed by atoms with Gasteiger partial charge in [0.2, 0.25) is 0 Å². The lowest BCUT2D eigenvalue weighted by Gasteiger charge is -2.45. The van der Waals surface area contributed by atoms with Gasteiger partial charge in [0, 0.05) is 35.3 Å². The second kappa shape index (κ2) is 6.25. The van der Waals surface area contributed by atoms with E-state index in [4.69, 9.17) is 5.73 Å². The Bertz CT molecular complexity index is 435. The summed E-state index contributed by atoms with van der Waals surface area (Å²) in [6, 6.07) is 7.65. The molecule has 4 heteroatoms. The van der Waals surface area contributed by atoms with Crippen LogP contribution in [0.5, 0.6) is 0 Å². The third-order valence-corrected chi connectivity index (χ3v) is 4.61. The number of benzene rings is 1. The highest BCUT2D eigenvalue weighted by molar-refractivity contribution is 9.10. The zero-order valence-corrected chi connectivity index (χ0v) is 13.7. The standard InChI is InChI=1S/C15H24BrN3/c1-11-8-13(16)4-5-15(11)19-9-12(2)18(3)10-14(19)6-7-17/h4-5,8,12,14H,6-7,9-10,17H2,1-3H3. The van der Waals surface area contributed by atoms with Crippen LogP contribution in [0.2, 0.25) is 0 Å². The summed E-state index contributed by atoms with van der Waals surface area (Å²) in [6.45, 7) is 7.39. The van der Waals surface area contributed by atoms with Crippen molar-refractivity contribution in [1.82, 2.24) is 4.90 Å². The summed E-state index contributed by atoms with van der Waals surface area (Å²) in [5.41, 5.74) is 8.46. The Balaban J connectivity index is 2.28. The second-order valence-electron chi connectivity index (χ2n) is 5.60. The van der Waals surface area contributed by atoms with Crippen LogP contribution in [0.25, 0.3) is 0 Å². The Kier molecular flexibility index (Phi) is 4.87. The first-order chi connectivity index (χ1) is 9.02. The monoisotopic (exact) mass is 325 g/mol. The minimum Gasteiger partial charge on any atom is -0.365 e. The summed E-state index contributed by atoms with van der Waals surface area (Å²) in [7, 11) is 2.21. The molecule has 1 aromatic carbocycles. The Morgan fingerprint density at radius 2 is 2.11 bits per heavy atom. The van der Waals surface area contributed by atoms with Crippen molar-refractivity contribution in [1.29, 1.82) is 0 Å². The molecule has 1 aliphatic heterocycles. The van der Waals surface area contributed by atoms with Crippen molar-refractivity contribution in [3.05, 3.63) is 28.2 Å². The molecule has 0 bridgehead atoms. The van der Waals surface area contributed by atoms with Gasteiger partial charge in [-0.05, 0) is 57.6 Å². The molecule has 19 heavy (non-hydrogen) atoms. The van der Waals surface area contributed by atoms with E-state index in [1.54, 1.807) is 0 Å². The van der Waals surface area contributed by atoms with Gasteiger partial charge >= 0.3 is 0 Å². The average molecular weight is 326 g/mol. The van der Waals surface area contributed by atoms with Crippen LogP contribution >= 0.6 is 15.9 Å². The van der Waals surface area contributed by atoms with Gasteiger partial charge in [0.1, 0.15) is 0 Å². The molecule has 2 N–H and O–H groups in total. The molecule has 2 atom stereocenters. The third-order valence-electron chi connectivity index (χ3n) is 4.12. The Morgan fingerprint density at radius 1 is 1.37 bits per heavy atom. The third kappa shape index (κ3) is 3.30. The molecule has 2 rings (SSSR count). The number of nitrogens with two attached hydrogens (primary N) is 1. The van der Waals surface area contributed by atoms with Gasteiger partial charge in [0.05, 0.1) is 0 Å². The van der Waals surface area contributed by atoms with E-state index < -0.39 is 0 Å². The summed E-state index contributed by atoms with van der Waals surface area (Å²) < 4.78 is 1.14. The van der Waals surface area contributed by atoms with Crippen LogP contribution in [0.1, 0.15) is 18.9 Å². The summed E-state index contributed by atoms with van der Waals surface area (Å²) in [5.74, 6) is 0. The molecule has 0 amide bonds. The van der Waals surface area contributed by atoms with Crippen molar-refractivity contribution in [2.24, 2.45) is 5.73 Å². The van der Waals surface area contributed by atoms with Crippen LogP contribution in [-0.4, -0.2) is 43.7 Å². The molecule has 2 unspecified atom stereocenters. The topological polar surface area (TPSA) is 32.5 Å². The van der Waals surface area contributed by atoms with Gasteiger partial charge in [-0.3, -0.25) is 4.90 Å². The number of rotatable bonds is 3. The lowest BCUT2D eigenvalue weighted by molar-refractivity contribution is 0.196. The molecule has 1 aliphatic rings. The second-order valence-corrected chi connectivity index (χ2v) is 6.52. The minimum absolute atomic E-state index is 0.520. The predicted molar refractivity (Wildman–Crippen MR) is 85.8 cm³/mol. The minimum atomic E-state index is 0.520. The van der Waals surface area contributed by atoms with E-state index >= 15 is 0 Å². The van der Waals surface area contributed by atoms with Gasteiger partial charge < -0.3 is 10.6 Å². The highest BCUT2D eigenvalue weighted by Crippen LogP contribution is 2.29. The molecular formula is C15H24BrN3. The number of hydrogen-bond acceptors (Lipinski definition) is 3. The Hall–Kier alpha value is -0.580. The van der Waals surface area contributed by atoms with E-state index in [0.29, 0.717) is 12.1 Å². The number of aryl methyl sites for hydroxylation is 1. The molecule has 106 valence electrons. The van der Waals surface area contributed by atoms with Crippen LogP contribution in [0, 0.1) is 6.92 Å². The van der Waals surface area contributed by atoms with E-state index in [1.165, 1.54) is 11.3 Å². The van der Waals surface area contributed by atoms with Crippen LogP contribution in [0.3, 0.4) is 0 Å². The van der Waals surface area contributed by atoms with Gasteiger partial charge in [0.25, 0.3) is 0 Å². The molecule has 1 fully saturated rings. The number of halogens is 1. The molecule has 0 radical (unpaired) electrons. The lowest BCUT2D eigenvalue weighted by Crippen LogP contribution is -2.56. The molecule has 0 aliphatic carbocycles. The van der Waals surface area contributed by atoms with Crippen LogP contribution in [0.4, 0.5) is 5.69 Å². The van der Waals surface area contributed by atoms with Crippen molar-refractivity contribution in [2.45, 2.75) is 32.4 Å². The highest BCUT2D eigenvalue weighted by atomic mass is 79.9. The zero-order valence-electron chi connectivity index (χ0n) is 12.1. The number of anilines is 1. The maximum atomic E-state index is 5.79. The maximum absolute atomic E-state index is 5.79. The van der Waals surface area contributed by atoms with E-state index in [-0.39, 0.29) is 0 Å². The summed E-state index contributed by atoms with van der Waals surface area (Å²) in [4.78, 5) is 4.98. The normalized spacial score (nSPS) is 24.8. The first-order valence-corrected chi connectivity index (χ1v) is 7.75. The number of piperazine rings is 1. The van der Waals surface area contributed by atoms with Gasteiger partial charge in [0.15, 0.2) is 0 Å². The maximum Gasteiger partial charge on any atom is 0.0429 e. The first kappa shape index (κ1) is 14.8. The van der Waals surface area contributed by atoms with Crippen molar-refractivity contribution in [3.63, 3.8) is 0 Å². The zero-order chi connectivity index (χ0) is 14.0. The average Bonchev–Trinajstić information content (AvgIpc) is 2.34. The first-order valence-electron chi connectivity index (χ1n) is 6.96. The summed E-state index contributed by atoms with van der Waals surface area (Å²) >= 11 is 3.54. The van der Waals surface area contributed by atoms with Crippen LogP contribution < -0.4 is 10.6 Å². The molecular weight excluding hydrogens is 302 g/mol. The fraction of sp³-hybridized carbons (Fsp3) is 0.600. The van der Waals surface area contributed by atoms with Gasteiger partial charge in [-0.15, -0.1) is 0 Å². The smallest absolute Gasteiger partial charge is 0.0429 e. The van der Waals surface area contributed by atoms with Gasteiger partial charge in [-0.2, -0.15) is 0 Å². The number of nitrogens with zero attached hydrogens (tertiary/aromatic N) is 2. The fourth-order valence-electron chi connectivity index (χ4n) is 2.86. The SMILES string of the molecule is Cc1cc(Br)ccc1N1CC(C)N(C)CC1CCN. The molecule has 0 saturated carbocycles. The molecule has 1 heterocycles. The molecule has 1 aromatic rings. The van der Waals surface area contributed by atoms with Crippen molar-refractivity contribution in [3.8, 4) is 0 Å². The fourth-order valence-corrected chi connectivity index (χ4v) is 3.34. The highest BCUT2D eigenvalue weighted by Gasteiger charge is 2.29. The summed E-state index contributed by atoms with van der Waals surface area (Å²) in [6.07, 6.45) is 1.05. The number of likely N-dealkylation sites (N-methyl/N-ethyl adjacent to an activating group) is 1. The lowest BCUT2D eigenvalue weighted by atomic mass is 10.0. The quantitative estimate of drug-likeness (QED) is 0.927. The molecule has 3 nitrogen and oxygen atoms in total. The van der Waals surface area contributed by atoms with Crippen LogP contribution in [0.15, 0.2) is 22.7 Å². The predicted octanol–water partition coefficient (Wildman–Crippen LogP) is 2.62. The van der Waals surface area contributed by atoms with Crippen molar-refractivity contribution < 1.29 is 0 Å². The van der Waals surface area contributed by atoms with Gasteiger partial charge in [-0.1, -0.05) is 15.9 Å². The van der Waals surface area contributed by atoms with E-state index in [0.717, 1.165) is 30.5 Å². The Morgan fingerprint density at radius 3 is 2.74 bits per heavy atom. The molecule has 0 aromatic heterocycles. The molecule has 1 saturated heterocycles. The van der Waals surface area contributed by atoms with E-state index in [1.807, 2.05) is 0 Å². The van der Waals surface area contributed by atoms with Crippen molar-refractivity contribution in [2.75, 3.05) is 31.6 Å². The Labute approximate surface area is 124 Å². The van der Waals surface area contributed by atoms with E-state index in [2.05, 4.69) is 64.8 Å².